The number of rotatable bonds is 10. The van der Waals surface area contributed by atoms with Crippen molar-refractivity contribution in [2.24, 2.45) is 7.05 Å². The first-order chi connectivity index (χ1) is 17.2. The maximum absolute atomic E-state index is 13.1. The second-order valence-corrected chi connectivity index (χ2v) is 8.47. The summed E-state index contributed by atoms with van der Waals surface area (Å²) in [5.41, 5.74) is 6.65. The zero-order valence-electron chi connectivity index (χ0n) is 21.4. The van der Waals surface area contributed by atoms with Crippen molar-refractivity contribution in [2.75, 3.05) is 23.7 Å². The number of hydrogen-bond acceptors (Lipinski definition) is 6. The molecule has 36 heavy (non-hydrogen) atoms. The van der Waals surface area contributed by atoms with Crippen molar-refractivity contribution in [3.8, 4) is 0 Å². The third kappa shape index (κ3) is 6.51. The SMILES string of the molecule is CCNCC(=O)Nc1cnc(C)c(NC(=O)c2cnc(C)c(/C=C(\CC)c3cc(C=N)n(C)c3)c2)c1. The molecule has 0 aliphatic heterocycles. The number of aromatic nitrogens is 3. The van der Waals surface area contributed by atoms with Crippen LogP contribution in [0.3, 0.4) is 0 Å². The van der Waals surface area contributed by atoms with E-state index in [0.29, 0.717) is 29.2 Å². The zero-order chi connectivity index (χ0) is 26.2. The molecule has 0 radical (unpaired) electrons. The van der Waals surface area contributed by atoms with Gasteiger partial charge in [0.1, 0.15) is 0 Å². The van der Waals surface area contributed by atoms with E-state index in [-0.39, 0.29) is 18.4 Å². The molecule has 0 unspecified atom stereocenters. The lowest BCUT2D eigenvalue weighted by Gasteiger charge is -2.12. The molecular weight excluding hydrogens is 454 g/mol. The lowest BCUT2D eigenvalue weighted by molar-refractivity contribution is -0.115. The molecule has 3 aromatic heterocycles. The molecule has 3 rings (SSSR count). The van der Waals surface area contributed by atoms with Gasteiger partial charge in [-0.05, 0) is 67.8 Å². The van der Waals surface area contributed by atoms with Gasteiger partial charge in [-0.15, -0.1) is 0 Å². The first-order valence-electron chi connectivity index (χ1n) is 11.9. The third-order valence-corrected chi connectivity index (χ3v) is 5.82. The van der Waals surface area contributed by atoms with Crippen molar-refractivity contribution in [1.82, 2.24) is 19.9 Å². The van der Waals surface area contributed by atoms with Crippen LogP contribution >= 0.6 is 0 Å². The highest BCUT2D eigenvalue weighted by atomic mass is 16.2. The molecule has 188 valence electrons. The van der Waals surface area contributed by atoms with E-state index in [2.05, 4.69) is 32.8 Å². The molecule has 0 aliphatic carbocycles. The molecule has 0 saturated heterocycles. The van der Waals surface area contributed by atoms with Gasteiger partial charge in [0.25, 0.3) is 5.91 Å². The number of aryl methyl sites for hydroxylation is 3. The quantitative estimate of drug-likeness (QED) is 0.319. The van der Waals surface area contributed by atoms with E-state index in [1.165, 1.54) is 6.21 Å². The Bertz CT molecular complexity index is 1310. The van der Waals surface area contributed by atoms with Crippen molar-refractivity contribution in [2.45, 2.75) is 34.1 Å². The summed E-state index contributed by atoms with van der Waals surface area (Å²) in [6, 6.07) is 5.48. The molecule has 0 bridgehead atoms. The monoisotopic (exact) mass is 487 g/mol. The van der Waals surface area contributed by atoms with Crippen LogP contribution in [0, 0.1) is 19.3 Å². The summed E-state index contributed by atoms with van der Waals surface area (Å²) in [5.74, 6) is -0.501. The highest BCUT2D eigenvalue weighted by molar-refractivity contribution is 6.05. The number of allylic oxidation sites excluding steroid dienone is 1. The Morgan fingerprint density at radius 3 is 2.44 bits per heavy atom. The van der Waals surface area contributed by atoms with E-state index >= 15 is 0 Å². The fourth-order valence-corrected chi connectivity index (χ4v) is 3.66. The standard InChI is InChI=1S/C27H33N7O2/c1-6-19(22-10-24(12-28)34(5)16-22)8-20-9-21(13-30-17(20)3)27(36)33-25-11-23(14-31-18(25)4)32-26(35)15-29-7-2/h8-14,16,28-29H,6-7,15H2,1-5H3,(H,32,35)(H,33,36)/b19-8+,28-12?. The molecule has 9 nitrogen and oxygen atoms in total. The molecule has 4 N–H and O–H groups in total. The van der Waals surface area contributed by atoms with Crippen LogP contribution in [-0.2, 0) is 11.8 Å². The van der Waals surface area contributed by atoms with Gasteiger partial charge in [-0.2, -0.15) is 0 Å². The number of likely N-dealkylation sites (N-methyl/N-ethyl adjacent to an activating group) is 1. The summed E-state index contributed by atoms with van der Waals surface area (Å²) in [6.45, 7) is 8.58. The summed E-state index contributed by atoms with van der Waals surface area (Å²) in [5, 5.41) is 16.2. The van der Waals surface area contributed by atoms with Crippen LogP contribution in [0.15, 0.2) is 36.8 Å². The maximum atomic E-state index is 13.1. The van der Waals surface area contributed by atoms with Gasteiger partial charge >= 0.3 is 0 Å². The van der Waals surface area contributed by atoms with Gasteiger partial charge in [-0.1, -0.05) is 13.8 Å². The molecule has 0 saturated carbocycles. The minimum absolute atomic E-state index is 0.183. The van der Waals surface area contributed by atoms with Gasteiger partial charge in [-0.3, -0.25) is 19.6 Å². The summed E-state index contributed by atoms with van der Waals surface area (Å²) >= 11 is 0. The van der Waals surface area contributed by atoms with Crippen LogP contribution in [0.2, 0.25) is 0 Å². The topological polar surface area (TPSA) is 125 Å². The number of carbonyl (C=O) groups excluding carboxylic acids is 2. The van der Waals surface area contributed by atoms with Crippen molar-refractivity contribution in [3.05, 3.63) is 70.6 Å². The van der Waals surface area contributed by atoms with Gasteiger partial charge in [0.2, 0.25) is 5.91 Å². The van der Waals surface area contributed by atoms with E-state index in [1.807, 2.05) is 49.9 Å². The summed E-state index contributed by atoms with van der Waals surface area (Å²) in [4.78, 5) is 33.9. The number of nitrogens with zero attached hydrogens (tertiary/aromatic N) is 3. The number of carbonyl (C=O) groups is 2. The smallest absolute Gasteiger partial charge is 0.257 e. The van der Waals surface area contributed by atoms with Gasteiger partial charge in [-0.25, -0.2) is 0 Å². The Morgan fingerprint density at radius 2 is 1.78 bits per heavy atom. The number of nitrogens with one attached hydrogen (secondary N) is 4. The van der Waals surface area contributed by atoms with Crippen molar-refractivity contribution in [3.63, 3.8) is 0 Å². The molecule has 3 heterocycles. The minimum Gasteiger partial charge on any atom is -0.349 e. The molecule has 0 fully saturated rings. The molecule has 0 atom stereocenters. The molecule has 9 heteroatoms. The van der Waals surface area contributed by atoms with Crippen LogP contribution < -0.4 is 16.0 Å². The van der Waals surface area contributed by atoms with E-state index in [4.69, 9.17) is 5.41 Å². The Balaban J connectivity index is 1.84. The highest BCUT2D eigenvalue weighted by Gasteiger charge is 2.13. The molecule has 3 aromatic rings. The number of pyridine rings is 2. The minimum atomic E-state index is -0.318. The van der Waals surface area contributed by atoms with Gasteiger partial charge in [0.15, 0.2) is 0 Å². The van der Waals surface area contributed by atoms with Crippen molar-refractivity contribution in [1.29, 1.82) is 5.41 Å². The lowest BCUT2D eigenvalue weighted by atomic mass is 10.0. The zero-order valence-corrected chi connectivity index (χ0v) is 21.4. The maximum Gasteiger partial charge on any atom is 0.257 e. The van der Waals surface area contributed by atoms with Crippen LogP contribution in [0.25, 0.3) is 11.6 Å². The van der Waals surface area contributed by atoms with Gasteiger partial charge < -0.3 is 25.9 Å². The van der Waals surface area contributed by atoms with Crippen LogP contribution in [-0.4, -0.2) is 45.7 Å². The van der Waals surface area contributed by atoms with E-state index in [0.717, 1.165) is 34.5 Å². The first-order valence-corrected chi connectivity index (χ1v) is 11.9. The van der Waals surface area contributed by atoms with Gasteiger partial charge in [0, 0.05) is 31.3 Å². The molecule has 2 amide bonds. The second-order valence-electron chi connectivity index (χ2n) is 8.47. The normalized spacial score (nSPS) is 11.3. The largest absolute Gasteiger partial charge is 0.349 e. The summed E-state index contributed by atoms with van der Waals surface area (Å²) in [7, 11) is 1.91. The summed E-state index contributed by atoms with van der Waals surface area (Å²) < 4.78 is 1.91. The Morgan fingerprint density at radius 1 is 1.03 bits per heavy atom. The molecule has 0 aliphatic rings. The van der Waals surface area contributed by atoms with Crippen molar-refractivity contribution < 1.29 is 9.59 Å². The average molecular weight is 488 g/mol. The van der Waals surface area contributed by atoms with E-state index in [1.54, 1.807) is 25.4 Å². The van der Waals surface area contributed by atoms with Crippen LogP contribution in [0.5, 0.6) is 0 Å². The molecular formula is C27H33N7O2. The van der Waals surface area contributed by atoms with E-state index < -0.39 is 0 Å². The number of anilines is 2. The molecule has 0 spiro atoms. The van der Waals surface area contributed by atoms with E-state index in [9.17, 15) is 9.59 Å². The fraction of sp³-hybridized carbons (Fsp3) is 0.296. The van der Waals surface area contributed by atoms with Crippen LogP contribution in [0.1, 0.15) is 58.8 Å². The number of amides is 2. The third-order valence-electron chi connectivity index (χ3n) is 5.82. The average Bonchev–Trinajstić information content (AvgIpc) is 3.24. The Labute approximate surface area is 211 Å². The lowest BCUT2D eigenvalue weighted by Crippen LogP contribution is -2.27. The fourth-order valence-electron chi connectivity index (χ4n) is 3.66. The van der Waals surface area contributed by atoms with Crippen LogP contribution in [0.4, 0.5) is 11.4 Å². The van der Waals surface area contributed by atoms with Gasteiger partial charge in [0.05, 0.1) is 41.1 Å². The Kier molecular flexibility index (Phi) is 8.86. The summed E-state index contributed by atoms with van der Waals surface area (Å²) in [6.07, 6.45) is 9.26. The predicted octanol–water partition coefficient (Wildman–Crippen LogP) is 4.18. The predicted molar refractivity (Wildman–Crippen MR) is 145 cm³/mol. The highest BCUT2D eigenvalue weighted by Crippen LogP contribution is 2.25. The first kappa shape index (κ1) is 26.5. The number of hydrogen-bond donors (Lipinski definition) is 4. The van der Waals surface area contributed by atoms with Crippen molar-refractivity contribution >= 4 is 41.1 Å². The Hall–Kier alpha value is -4.11. The second kappa shape index (κ2) is 12.0. The molecule has 0 aromatic carbocycles.